The maximum absolute atomic E-state index is 13.2. The van der Waals surface area contributed by atoms with Crippen LogP contribution in [0.2, 0.25) is 0 Å². The fourth-order valence-corrected chi connectivity index (χ4v) is 2.37. The lowest BCUT2D eigenvalue weighted by molar-refractivity contribution is -0.137. The van der Waals surface area contributed by atoms with E-state index >= 15 is 0 Å². The average Bonchev–Trinajstić information content (AvgIpc) is 2.70. The van der Waals surface area contributed by atoms with Crippen molar-refractivity contribution in [1.82, 2.24) is 0 Å². The molecule has 0 amide bonds. The SMILES string of the molecule is COCOc1cc(C(F)(F)F)cc(OC)c1B1OC(C)(C)C(C)(C)O1. The first-order chi connectivity index (χ1) is 11.4. The zero-order valence-electron chi connectivity index (χ0n) is 15.1. The summed E-state index contributed by atoms with van der Waals surface area (Å²) in [6.45, 7) is 7.16. The molecule has 0 saturated carbocycles. The van der Waals surface area contributed by atoms with Crippen molar-refractivity contribution in [3.63, 3.8) is 0 Å². The Balaban J connectivity index is 2.55. The molecule has 25 heavy (non-hydrogen) atoms. The Labute approximate surface area is 145 Å². The molecule has 5 nitrogen and oxygen atoms in total. The molecule has 140 valence electrons. The smallest absolute Gasteiger partial charge is 0.497 e. The maximum Gasteiger partial charge on any atom is 0.502 e. The molecule has 0 unspecified atom stereocenters. The molecule has 1 aromatic carbocycles. The second-order valence-electron chi connectivity index (χ2n) is 6.73. The Kier molecular flexibility index (Phi) is 5.32. The topological polar surface area (TPSA) is 46.2 Å². The quantitative estimate of drug-likeness (QED) is 0.595. The minimum atomic E-state index is -4.55. The van der Waals surface area contributed by atoms with Crippen LogP contribution in [0.3, 0.4) is 0 Å². The van der Waals surface area contributed by atoms with Crippen molar-refractivity contribution in [2.75, 3.05) is 21.0 Å². The van der Waals surface area contributed by atoms with Crippen LogP contribution < -0.4 is 14.9 Å². The first-order valence-electron chi connectivity index (χ1n) is 7.69. The van der Waals surface area contributed by atoms with E-state index in [-0.39, 0.29) is 23.8 Å². The summed E-state index contributed by atoms with van der Waals surface area (Å²) in [5, 5.41) is 0. The molecule has 2 rings (SSSR count). The zero-order valence-corrected chi connectivity index (χ0v) is 15.1. The molecule has 0 aromatic heterocycles. The maximum atomic E-state index is 13.2. The van der Waals surface area contributed by atoms with Crippen molar-refractivity contribution in [1.29, 1.82) is 0 Å². The van der Waals surface area contributed by atoms with Crippen molar-refractivity contribution in [2.45, 2.75) is 45.1 Å². The lowest BCUT2D eigenvalue weighted by Crippen LogP contribution is -2.41. The minimum Gasteiger partial charge on any atom is -0.497 e. The summed E-state index contributed by atoms with van der Waals surface area (Å²) in [5.74, 6) is -0.0912. The standard InChI is InChI=1S/C16H22BF3O5/c1-14(2)15(3,4)25-17(24-14)13-11(22-6)7-10(16(18,19)20)8-12(13)23-9-21-5/h7-8H,9H2,1-6H3. The van der Waals surface area contributed by atoms with Crippen molar-refractivity contribution in [3.8, 4) is 11.5 Å². The average molecular weight is 362 g/mol. The van der Waals surface area contributed by atoms with Gasteiger partial charge in [0.25, 0.3) is 0 Å². The van der Waals surface area contributed by atoms with E-state index in [1.165, 1.54) is 14.2 Å². The van der Waals surface area contributed by atoms with Crippen LogP contribution in [-0.4, -0.2) is 39.3 Å². The fourth-order valence-electron chi connectivity index (χ4n) is 2.37. The lowest BCUT2D eigenvalue weighted by Gasteiger charge is -2.32. The molecule has 1 aromatic rings. The highest BCUT2D eigenvalue weighted by Gasteiger charge is 2.53. The molecular formula is C16H22BF3O5. The number of benzene rings is 1. The molecular weight excluding hydrogens is 340 g/mol. The van der Waals surface area contributed by atoms with Gasteiger partial charge in [0.2, 0.25) is 0 Å². The summed E-state index contributed by atoms with van der Waals surface area (Å²) in [5.41, 5.74) is -1.96. The van der Waals surface area contributed by atoms with Gasteiger partial charge in [-0.1, -0.05) is 0 Å². The second kappa shape index (κ2) is 6.70. The third kappa shape index (κ3) is 3.88. The molecule has 1 aliphatic heterocycles. The minimum absolute atomic E-state index is 0.0283. The molecule has 0 radical (unpaired) electrons. The highest BCUT2D eigenvalue weighted by atomic mass is 19.4. The van der Waals surface area contributed by atoms with Crippen LogP contribution in [0.5, 0.6) is 11.5 Å². The van der Waals surface area contributed by atoms with Crippen molar-refractivity contribution in [2.24, 2.45) is 0 Å². The summed E-state index contributed by atoms with van der Waals surface area (Å²) < 4.78 is 66.7. The summed E-state index contributed by atoms with van der Waals surface area (Å²) in [4.78, 5) is 0. The normalized spacial score (nSPS) is 19.2. The van der Waals surface area contributed by atoms with Gasteiger partial charge in [0.1, 0.15) is 11.5 Å². The van der Waals surface area contributed by atoms with Gasteiger partial charge in [-0.2, -0.15) is 13.2 Å². The zero-order chi connectivity index (χ0) is 19.0. The van der Waals surface area contributed by atoms with Gasteiger partial charge in [-0.3, -0.25) is 0 Å². The lowest BCUT2D eigenvalue weighted by atomic mass is 9.77. The molecule has 0 bridgehead atoms. The van der Waals surface area contributed by atoms with Gasteiger partial charge in [0.15, 0.2) is 6.79 Å². The highest BCUT2D eigenvalue weighted by molar-refractivity contribution is 6.64. The molecule has 0 atom stereocenters. The highest BCUT2D eigenvalue weighted by Crippen LogP contribution is 2.40. The molecule has 0 N–H and O–H groups in total. The molecule has 0 aliphatic carbocycles. The van der Waals surface area contributed by atoms with Crippen LogP contribution in [-0.2, 0) is 20.2 Å². The van der Waals surface area contributed by atoms with E-state index in [4.69, 9.17) is 23.5 Å². The van der Waals surface area contributed by atoms with Gasteiger partial charge in [0.05, 0.1) is 29.3 Å². The van der Waals surface area contributed by atoms with E-state index in [9.17, 15) is 13.2 Å². The van der Waals surface area contributed by atoms with Crippen LogP contribution in [0, 0.1) is 0 Å². The summed E-state index contributed by atoms with van der Waals surface area (Å²) in [6.07, 6.45) is -4.55. The summed E-state index contributed by atoms with van der Waals surface area (Å²) in [6, 6.07) is 1.79. The Bertz CT molecular complexity index is 615. The first-order valence-corrected chi connectivity index (χ1v) is 7.69. The molecule has 0 spiro atoms. The van der Waals surface area contributed by atoms with Gasteiger partial charge in [-0.25, -0.2) is 0 Å². The monoisotopic (exact) mass is 362 g/mol. The number of ether oxygens (including phenoxy) is 3. The largest absolute Gasteiger partial charge is 0.502 e. The van der Waals surface area contributed by atoms with Crippen LogP contribution >= 0.6 is 0 Å². The van der Waals surface area contributed by atoms with Crippen molar-refractivity contribution >= 4 is 12.6 Å². The molecule has 1 saturated heterocycles. The second-order valence-corrected chi connectivity index (χ2v) is 6.73. The first kappa shape index (κ1) is 19.9. The van der Waals surface area contributed by atoms with Crippen molar-refractivity contribution < 1.29 is 36.7 Å². The number of rotatable bonds is 5. The van der Waals surface area contributed by atoms with E-state index in [2.05, 4.69) is 0 Å². The van der Waals surface area contributed by atoms with Crippen molar-refractivity contribution in [3.05, 3.63) is 17.7 Å². The number of hydrogen-bond donors (Lipinski definition) is 0. The van der Waals surface area contributed by atoms with Crippen LogP contribution in [0.4, 0.5) is 13.2 Å². The number of halogens is 3. The van der Waals surface area contributed by atoms with Gasteiger partial charge in [-0.15, -0.1) is 0 Å². The van der Waals surface area contributed by atoms with E-state index < -0.39 is 30.1 Å². The summed E-state index contributed by atoms with van der Waals surface area (Å²) in [7, 11) is 1.72. The molecule has 1 heterocycles. The van der Waals surface area contributed by atoms with E-state index in [0.717, 1.165) is 12.1 Å². The predicted molar refractivity (Wildman–Crippen MR) is 86.2 cm³/mol. The fraction of sp³-hybridized carbons (Fsp3) is 0.625. The number of methoxy groups -OCH3 is 2. The van der Waals surface area contributed by atoms with Gasteiger partial charge in [0, 0.05) is 7.11 Å². The Morgan fingerprint density at radius 3 is 1.96 bits per heavy atom. The Hall–Kier alpha value is -1.45. The Morgan fingerprint density at radius 2 is 1.52 bits per heavy atom. The summed E-state index contributed by atoms with van der Waals surface area (Å²) >= 11 is 0. The molecule has 1 fully saturated rings. The van der Waals surface area contributed by atoms with E-state index in [1.807, 2.05) is 27.7 Å². The number of hydrogen-bond acceptors (Lipinski definition) is 5. The van der Waals surface area contributed by atoms with Gasteiger partial charge < -0.3 is 23.5 Å². The third-order valence-electron chi connectivity index (χ3n) is 4.47. The van der Waals surface area contributed by atoms with Crippen LogP contribution in [0.1, 0.15) is 33.3 Å². The van der Waals surface area contributed by atoms with E-state index in [0.29, 0.717) is 0 Å². The molecule has 1 aliphatic rings. The Morgan fingerprint density at radius 1 is 1.00 bits per heavy atom. The van der Waals surface area contributed by atoms with Gasteiger partial charge >= 0.3 is 13.3 Å². The third-order valence-corrected chi connectivity index (χ3v) is 4.47. The van der Waals surface area contributed by atoms with Crippen LogP contribution in [0.25, 0.3) is 0 Å². The van der Waals surface area contributed by atoms with Crippen LogP contribution in [0.15, 0.2) is 12.1 Å². The number of alkyl halides is 3. The van der Waals surface area contributed by atoms with Gasteiger partial charge in [-0.05, 0) is 39.8 Å². The molecule has 9 heteroatoms. The van der Waals surface area contributed by atoms with E-state index in [1.54, 1.807) is 0 Å². The predicted octanol–water partition coefficient (Wildman–Crippen LogP) is 3.00.